The van der Waals surface area contributed by atoms with Crippen LogP contribution in [-0.2, 0) is 0 Å². The number of hydrogen-bond donors (Lipinski definition) is 1. The predicted octanol–water partition coefficient (Wildman–Crippen LogP) is 0.504. The fourth-order valence-corrected chi connectivity index (χ4v) is 1.31. The number of anilines is 1. The van der Waals surface area contributed by atoms with Crippen LogP contribution < -0.4 is 15.2 Å². The van der Waals surface area contributed by atoms with E-state index in [9.17, 15) is 0 Å². The van der Waals surface area contributed by atoms with Gasteiger partial charge in [0.15, 0.2) is 11.4 Å². The third-order valence-electron chi connectivity index (χ3n) is 1.93. The maximum atomic E-state index is 5.60. The summed E-state index contributed by atoms with van der Waals surface area (Å²) in [6.45, 7) is 4.79. The van der Waals surface area contributed by atoms with Crippen LogP contribution >= 0.6 is 0 Å². The molecule has 0 amide bonds. The first-order chi connectivity index (χ1) is 7.76. The molecule has 16 heavy (non-hydrogen) atoms. The molecule has 0 atom stereocenters. The molecule has 0 unspecified atom stereocenters. The molecule has 0 spiro atoms. The van der Waals surface area contributed by atoms with Gasteiger partial charge in [-0.25, -0.2) is 0 Å². The summed E-state index contributed by atoms with van der Waals surface area (Å²) in [6, 6.07) is 1.70. The van der Waals surface area contributed by atoms with Crippen molar-refractivity contribution < 1.29 is 9.47 Å². The molecule has 2 rings (SSSR count). The second-order valence-electron chi connectivity index (χ2n) is 3.01. The summed E-state index contributed by atoms with van der Waals surface area (Å²) in [6.07, 6.45) is 0. The number of rotatable bonds is 4. The first-order valence-electron chi connectivity index (χ1n) is 5.03. The third-order valence-corrected chi connectivity index (χ3v) is 1.93. The van der Waals surface area contributed by atoms with Gasteiger partial charge in [0.2, 0.25) is 5.95 Å². The molecule has 0 aliphatic rings. The Hall–Kier alpha value is -2.05. The first-order valence-corrected chi connectivity index (χ1v) is 5.03. The number of ether oxygens (including phenoxy) is 2. The summed E-state index contributed by atoms with van der Waals surface area (Å²) in [5, 5.41) is 11.7. The van der Waals surface area contributed by atoms with Crippen LogP contribution in [0.1, 0.15) is 13.8 Å². The van der Waals surface area contributed by atoms with E-state index < -0.39 is 0 Å². The van der Waals surface area contributed by atoms with E-state index >= 15 is 0 Å². The van der Waals surface area contributed by atoms with Gasteiger partial charge < -0.3 is 15.2 Å². The zero-order valence-electron chi connectivity index (χ0n) is 9.17. The van der Waals surface area contributed by atoms with Crippen LogP contribution in [-0.4, -0.2) is 33.0 Å². The van der Waals surface area contributed by atoms with Crippen molar-refractivity contribution in [1.82, 2.24) is 19.8 Å². The topological polar surface area (TPSA) is 87.6 Å². The quantitative estimate of drug-likeness (QED) is 0.812. The SMILES string of the molecule is CCOc1cc2nnc(N)n2nc1OCC. The number of nitrogen functional groups attached to an aromatic ring is 1. The van der Waals surface area contributed by atoms with Gasteiger partial charge in [0, 0.05) is 6.07 Å². The van der Waals surface area contributed by atoms with E-state index in [1.807, 2.05) is 13.8 Å². The molecule has 2 aromatic rings. The minimum Gasteiger partial charge on any atom is -0.488 e. The molecule has 0 saturated carbocycles. The van der Waals surface area contributed by atoms with Gasteiger partial charge in [-0.1, -0.05) is 0 Å². The van der Waals surface area contributed by atoms with Crippen molar-refractivity contribution in [3.63, 3.8) is 0 Å². The summed E-state index contributed by atoms with van der Waals surface area (Å²) in [4.78, 5) is 0. The molecular weight excluding hydrogens is 210 g/mol. The minimum absolute atomic E-state index is 0.221. The molecule has 0 aliphatic carbocycles. The second-order valence-corrected chi connectivity index (χ2v) is 3.01. The van der Waals surface area contributed by atoms with Crippen molar-refractivity contribution in [2.75, 3.05) is 18.9 Å². The number of fused-ring (bicyclic) bond motifs is 1. The average Bonchev–Trinajstić information content (AvgIpc) is 2.62. The lowest BCUT2D eigenvalue weighted by Crippen LogP contribution is -2.05. The van der Waals surface area contributed by atoms with Crippen LogP contribution in [0.4, 0.5) is 5.95 Å². The zero-order valence-corrected chi connectivity index (χ0v) is 9.17. The average molecular weight is 223 g/mol. The van der Waals surface area contributed by atoms with Crippen molar-refractivity contribution in [3.05, 3.63) is 6.07 Å². The first kappa shape index (κ1) is 10.5. The molecule has 0 aromatic carbocycles. The highest BCUT2D eigenvalue weighted by Gasteiger charge is 2.12. The number of hydrogen-bond acceptors (Lipinski definition) is 6. The molecule has 2 heterocycles. The van der Waals surface area contributed by atoms with Crippen LogP contribution in [0.15, 0.2) is 6.07 Å². The van der Waals surface area contributed by atoms with Crippen LogP contribution in [0.5, 0.6) is 11.6 Å². The maximum Gasteiger partial charge on any atom is 0.274 e. The minimum atomic E-state index is 0.221. The summed E-state index contributed by atoms with van der Waals surface area (Å²) < 4.78 is 12.2. The lowest BCUT2D eigenvalue weighted by Gasteiger charge is -2.09. The Bertz CT molecular complexity index is 496. The van der Waals surface area contributed by atoms with Gasteiger partial charge in [-0.2, -0.15) is 4.52 Å². The third kappa shape index (κ3) is 1.71. The summed E-state index contributed by atoms with van der Waals surface area (Å²) in [5.41, 5.74) is 6.13. The Morgan fingerprint density at radius 3 is 2.69 bits per heavy atom. The lowest BCUT2D eigenvalue weighted by molar-refractivity contribution is 0.274. The second kappa shape index (κ2) is 4.21. The van der Waals surface area contributed by atoms with Crippen molar-refractivity contribution in [3.8, 4) is 11.6 Å². The predicted molar refractivity (Wildman–Crippen MR) is 57.5 cm³/mol. The van der Waals surface area contributed by atoms with Crippen molar-refractivity contribution in [2.45, 2.75) is 13.8 Å². The van der Waals surface area contributed by atoms with Crippen molar-refractivity contribution in [1.29, 1.82) is 0 Å². The van der Waals surface area contributed by atoms with E-state index in [2.05, 4.69) is 15.3 Å². The molecule has 0 fully saturated rings. The standard InChI is InChI=1S/C9H13N5O2/c1-3-15-6-5-7-11-12-9(10)14(7)13-8(6)16-4-2/h5H,3-4H2,1-2H3,(H2,10,12). The molecule has 0 aliphatic heterocycles. The Balaban J connectivity index is 2.53. The molecule has 2 N–H and O–H groups in total. The van der Waals surface area contributed by atoms with Crippen LogP contribution in [0.3, 0.4) is 0 Å². The monoisotopic (exact) mass is 223 g/mol. The maximum absolute atomic E-state index is 5.60. The van der Waals surface area contributed by atoms with Crippen LogP contribution in [0, 0.1) is 0 Å². The summed E-state index contributed by atoms with van der Waals surface area (Å²) >= 11 is 0. The molecule has 0 radical (unpaired) electrons. The molecule has 0 saturated heterocycles. The fourth-order valence-electron chi connectivity index (χ4n) is 1.31. The molecule has 2 aromatic heterocycles. The molecule has 86 valence electrons. The Morgan fingerprint density at radius 2 is 2.00 bits per heavy atom. The smallest absolute Gasteiger partial charge is 0.274 e. The highest BCUT2D eigenvalue weighted by molar-refractivity contribution is 5.49. The van der Waals surface area contributed by atoms with Gasteiger partial charge in [-0.15, -0.1) is 15.3 Å². The van der Waals surface area contributed by atoms with Gasteiger partial charge in [-0.3, -0.25) is 0 Å². The van der Waals surface area contributed by atoms with Crippen molar-refractivity contribution >= 4 is 11.6 Å². The zero-order chi connectivity index (χ0) is 11.5. The fraction of sp³-hybridized carbons (Fsp3) is 0.444. The molecular formula is C9H13N5O2. The highest BCUT2D eigenvalue weighted by atomic mass is 16.5. The largest absolute Gasteiger partial charge is 0.488 e. The van der Waals surface area contributed by atoms with E-state index in [0.29, 0.717) is 30.5 Å². The van der Waals surface area contributed by atoms with Gasteiger partial charge in [-0.05, 0) is 13.8 Å². The highest BCUT2D eigenvalue weighted by Crippen LogP contribution is 2.25. The number of nitrogens with two attached hydrogens (primary N) is 1. The Labute approximate surface area is 92.2 Å². The van der Waals surface area contributed by atoms with E-state index in [1.165, 1.54) is 4.52 Å². The van der Waals surface area contributed by atoms with E-state index in [1.54, 1.807) is 6.07 Å². The van der Waals surface area contributed by atoms with E-state index in [0.717, 1.165) is 0 Å². The Kier molecular flexibility index (Phi) is 2.76. The van der Waals surface area contributed by atoms with Crippen LogP contribution in [0.2, 0.25) is 0 Å². The normalized spacial score (nSPS) is 10.6. The summed E-state index contributed by atoms with van der Waals surface area (Å²) in [7, 11) is 0. The lowest BCUT2D eigenvalue weighted by atomic mass is 10.5. The van der Waals surface area contributed by atoms with Crippen molar-refractivity contribution in [2.24, 2.45) is 0 Å². The van der Waals surface area contributed by atoms with E-state index in [4.69, 9.17) is 15.2 Å². The van der Waals surface area contributed by atoms with Gasteiger partial charge in [0.25, 0.3) is 5.88 Å². The molecule has 0 bridgehead atoms. The summed E-state index contributed by atoms with van der Waals surface area (Å²) in [5.74, 6) is 1.16. The van der Waals surface area contributed by atoms with Gasteiger partial charge in [0.05, 0.1) is 13.2 Å². The van der Waals surface area contributed by atoms with Crippen LogP contribution in [0.25, 0.3) is 5.65 Å². The number of aromatic nitrogens is 4. The Morgan fingerprint density at radius 1 is 1.25 bits per heavy atom. The van der Waals surface area contributed by atoms with Gasteiger partial charge >= 0.3 is 0 Å². The number of nitrogens with zero attached hydrogens (tertiary/aromatic N) is 4. The van der Waals surface area contributed by atoms with Gasteiger partial charge in [0.1, 0.15) is 0 Å². The van der Waals surface area contributed by atoms with E-state index in [-0.39, 0.29) is 5.95 Å². The molecule has 7 heteroatoms. The molecule has 7 nitrogen and oxygen atoms in total.